The maximum atomic E-state index is 3.96. The molecule has 5 heteroatoms. The molecular formula is C6H7Cl2N3. The summed E-state index contributed by atoms with van der Waals surface area (Å²) >= 11 is 0. The molecule has 2 rings (SSSR count). The van der Waals surface area contributed by atoms with Crippen LogP contribution in [-0.2, 0) is 0 Å². The SMILES string of the molecule is C1=NC=C2C=NN=C2C1.Cl.Cl. The van der Waals surface area contributed by atoms with Crippen molar-refractivity contribution in [3.05, 3.63) is 11.8 Å². The second-order valence-electron chi connectivity index (χ2n) is 1.91. The molecule has 0 amide bonds. The van der Waals surface area contributed by atoms with Gasteiger partial charge in [-0.25, -0.2) is 0 Å². The van der Waals surface area contributed by atoms with Crippen molar-refractivity contribution in [1.29, 1.82) is 0 Å². The zero-order valence-electron chi connectivity index (χ0n) is 5.60. The van der Waals surface area contributed by atoms with Crippen molar-refractivity contribution in [1.82, 2.24) is 0 Å². The number of aliphatic imine (C=N–C) groups is 1. The molecule has 0 aromatic rings. The highest BCUT2D eigenvalue weighted by molar-refractivity contribution is 6.22. The van der Waals surface area contributed by atoms with Crippen LogP contribution in [0.3, 0.4) is 0 Å². The lowest BCUT2D eigenvalue weighted by molar-refractivity contribution is 1.26. The summed E-state index contributed by atoms with van der Waals surface area (Å²) in [7, 11) is 0. The molecule has 0 atom stereocenters. The van der Waals surface area contributed by atoms with Gasteiger partial charge in [-0.15, -0.1) is 24.8 Å². The standard InChI is InChI=1S/C6H5N3.2ClH/c1-2-7-3-5-4-8-9-6(1)5;;/h2-4H,1H2;2*1H. The fraction of sp³-hybridized carbons (Fsp3) is 0.167. The second-order valence-corrected chi connectivity index (χ2v) is 1.91. The highest BCUT2D eigenvalue weighted by Crippen LogP contribution is 2.09. The Morgan fingerprint density at radius 1 is 1.27 bits per heavy atom. The Morgan fingerprint density at radius 3 is 2.82 bits per heavy atom. The first-order valence-corrected chi connectivity index (χ1v) is 2.79. The minimum atomic E-state index is 0. The van der Waals surface area contributed by atoms with Crippen LogP contribution in [0.25, 0.3) is 0 Å². The zero-order chi connectivity index (χ0) is 6.10. The molecule has 0 bridgehead atoms. The van der Waals surface area contributed by atoms with Gasteiger partial charge in [-0.3, -0.25) is 4.99 Å². The normalized spacial score (nSPS) is 17.5. The van der Waals surface area contributed by atoms with E-state index in [0.29, 0.717) is 0 Å². The number of hydrogen-bond acceptors (Lipinski definition) is 3. The minimum absolute atomic E-state index is 0. The number of fused-ring (bicyclic) bond motifs is 1. The van der Waals surface area contributed by atoms with Gasteiger partial charge in [0.2, 0.25) is 0 Å². The first kappa shape index (κ1) is 10.3. The van der Waals surface area contributed by atoms with Crippen LogP contribution < -0.4 is 0 Å². The molecule has 0 unspecified atom stereocenters. The summed E-state index contributed by atoms with van der Waals surface area (Å²) in [6.45, 7) is 0. The van der Waals surface area contributed by atoms with Gasteiger partial charge in [0.05, 0.1) is 11.9 Å². The summed E-state index contributed by atoms with van der Waals surface area (Å²) in [5.74, 6) is 0. The number of hydrogen-bond donors (Lipinski definition) is 0. The third-order valence-corrected chi connectivity index (χ3v) is 1.31. The fourth-order valence-electron chi connectivity index (χ4n) is 0.832. The average Bonchev–Trinajstić information content (AvgIpc) is 2.33. The van der Waals surface area contributed by atoms with Gasteiger partial charge in [-0.1, -0.05) is 0 Å². The lowest BCUT2D eigenvalue weighted by Gasteiger charge is -1.98. The summed E-state index contributed by atoms with van der Waals surface area (Å²) in [6.07, 6.45) is 6.16. The molecular weight excluding hydrogens is 185 g/mol. The van der Waals surface area contributed by atoms with Gasteiger partial charge in [-0.05, 0) is 0 Å². The van der Waals surface area contributed by atoms with Crippen LogP contribution in [-0.4, -0.2) is 18.1 Å². The molecule has 0 saturated carbocycles. The molecule has 0 fully saturated rings. The van der Waals surface area contributed by atoms with Crippen LogP contribution in [0, 0.1) is 0 Å². The molecule has 3 nitrogen and oxygen atoms in total. The first-order valence-electron chi connectivity index (χ1n) is 2.79. The van der Waals surface area contributed by atoms with Crippen LogP contribution in [0.2, 0.25) is 0 Å². The third kappa shape index (κ3) is 1.88. The maximum absolute atomic E-state index is 3.96. The van der Waals surface area contributed by atoms with E-state index in [0.717, 1.165) is 17.7 Å². The van der Waals surface area contributed by atoms with Gasteiger partial charge in [-0.2, -0.15) is 10.2 Å². The Balaban J connectivity index is 0.000000500. The van der Waals surface area contributed by atoms with E-state index in [2.05, 4.69) is 15.2 Å². The molecule has 2 heterocycles. The van der Waals surface area contributed by atoms with Crippen molar-refractivity contribution >= 4 is 43.0 Å². The van der Waals surface area contributed by atoms with E-state index in [-0.39, 0.29) is 24.8 Å². The zero-order valence-corrected chi connectivity index (χ0v) is 7.23. The molecule has 0 aliphatic carbocycles. The van der Waals surface area contributed by atoms with E-state index >= 15 is 0 Å². The van der Waals surface area contributed by atoms with Crippen molar-refractivity contribution in [3.8, 4) is 0 Å². The fourth-order valence-corrected chi connectivity index (χ4v) is 0.832. The molecule has 0 saturated heterocycles. The van der Waals surface area contributed by atoms with Gasteiger partial charge in [0.1, 0.15) is 0 Å². The molecule has 2 aliphatic heterocycles. The molecule has 0 aromatic carbocycles. The van der Waals surface area contributed by atoms with Crippen molar-refractivity contribution in [2.75, 3.05) is 0 Å². The lowest BCUT2D eigenvalue weighted by Crippen LogP contribution is -2.03. The van der Waals surface area contributed by atoms with Crippen LogP contribution in [0.1, 0.15) is 6.42 Å². The summed E-state index contributed by atoms with van der Waals surface area (Å²) in [5.41, 5.74) is 2.09. The molecule has 0 radical (unpaired) electrons. The van der Waals surface area contributed by atoms with Crippen LogP contribution in [0.5, 0.6) is 0 Å². The maximum Gasteiger partial charge on any atom is 0.0787 e. The van der Waals surface area contributed by atoms with E-state index in [1.165, 1.54) is 0 Å². The Morgan fingerprint density at radius 2 is 2.09 bits per heavy atom. The monoisotopic (exact) mass is 191 g/mol. The van der Waals surface area contributed by atoms with Gasteiger partial charge in [0.15, 0.2) is 0 Å². The Hall–Kier alpha value is -0.670. The number of allylic oxidation sites excluding steroid dienone is 1. The number of rotatable bonds is 0. The predicted octanol–water partition coefficient (Wildman–Crippen LogP) is 1.63. The topological polar surface area (TPSA) is 37.1 Å². The molecule has 0 N–H and O–H groups in total. The van der Waals surface area contributed by atoms with Gasteiger partial charge in [0.25, 0.3) is 0 Å². The Bertz CT molecular complexity index is 253. The Kier molecular flexibility index (Phi) is 4.00. The van der Waals surface area contributed by atoms with Crippen molar-refractivity contribution in [3.63, 3.8) is 0 Å². The predicted molar refractivity (Wildman–Crippen MR) is 51.6 cm³/mol. The summed E-state index contributed by atoms with van der Waals surface area (Å²) in [4.78, 5) is 3.96. The molecule has 60 valence electrons. The highest BCUT2D eigenvalue weighted by Gasteiger charge is 2.10. The van der Waals surface area contributed by atoms with Gasteiger partial charge >= 0.3 is 0 Å². The smallest absolute Gasteiger partial charge is 0.0787 e. The largest absolute Gasteiger partial charge is 0.268 e. The molecule has 11 heavy (non-hydrogen) atoms. The summed E-state index contributed by atoms with van der Waals surface area (Å²) < 4.78 is 0. The van der Waals surface area contributed by atoms with E-state index in [1.807, 2.05) is 6.21 Å². The van der Waals surface area contributed by atoms with E-state index < -0.39 is 0 Å². The molecule has 0 aromatic heterocycles. The quantitative estimate of drug-likeness (QED) is 0.559. The average molecular weight is 192 g/mol. The first-order chi connectivity index (χ1) is 4.47. The van der Waals surface area contributed by atoms with Crippen molar-refractivity contribution in [2.45, 2.75) is 6.42 Å². The van der Waals surface area contributed by atoms with Gasteiger partial charge < -0.3 is 0 Å². The summed E-state index contributed by atoms with van der Waals surface area (Å²) in [5, 5.41) is 7.63. The van der Waals surface area contributed by atoms with Crippen molar-refractivity contribution in [2.24, 2.45) is 15.2 Å². The number of halogens is 2. The van der Waals surface area contributed by atoms with E-state index in [1.54, 1.807) is 12.4 Å². The van der Waals surface area contributed by atoms with Crippen LogP contribution in [0.15, 0.2) is 27.0 Å². The van der Waals surface area contributed by atoms with E-state index in [9.17, 15) is 0 Å². The van der Waals surface area contributed by atoms with Gasteiger partial charge in [0, 0.05) is 24.4 Å². The van der Waals surface area contributed by atoms with Crippen molar-refractivity contribution < 1.29 is 0 Å². The third-order valence-electron chi connectivity index (χ3n) is 1.31. The lowest BCUT2D eigenvalue weighted by atomic mass is 10.1. The number of nitrogens with zero attached hydrogens (tertiary/aromatic N) is 3. The molecule has 0 spiro atoms. The minimum Gasteiger partial charge on any atom is -0.268 e. The Labute approximate surface area is 76.8 Å². The van der Waals surface area contributed by atoms with E-state index in [4.69, 9.17) is 0 Å². The summed E-state index contributed by atoms with van der Waals surface area (Å²) in [6, 6.07) is 0. The highest BCUT2D eigenvalue weighted by atomic mass is 35.5. The van der Waals surface area contributed by atoms with Crippen LogP contribution in [0.4, 0.5) is 0 Å². The molecule has 2 aliphatic rings. The van der Waals surface area contributed by atoms with Crippen LogP contribution >= 0.6 is 24.8 Å². The second kappa shape index (κ2) is 4.26.